The van der Waals surface area contributed by atoms with Gasteiger partial charge in [0.15, 0.2) is 0 Å². The molecule has 194 valence electrons. The van der Waals surface area contributed by atoms with Crippen LogP contribution in [0.25, 0.3) is 5.57 Å². The molecule has 0 bridgehead atoms. The first kappa shape index (κ1) is 31.8. The summed E-state index contributed by atoms with van der Waals surface area (Å²) in [6.45, 7) is 6.54. The van der Waals surface area contributed by atoms with E-state index in [1.165, 1.54) is 19.1 Å². The van der Waals surface area contributed by atoms with Crippen LogP contribution in [0.3, 0.4) is 0 Å². The van der Waals surface area contributed by atoms with E-state index in [2.05, 4.69) is 9.46 Å². The van der Waals surface area contributed by atoms with Crippen molar-refractivity contribution >= 4 is 15.6 Å². The highest BCUT2D eigenvalue weighted by Gasteiger charge is 2.34. The monoisotopic (exact) mass is 513 g/mol. The lowest BCUT2D eigenvalue weighted by atomic mass is 10.1. The van der Waals surface area contributed by atoms with E-state index in [1.807, 2.05) is 13.8 Å². The van der Waals surface area contributed by atoms with Gasteiger partial charge in [-0.3, -0.25) is 0 Å². The van der Waals surface area contributed by atoms with E-state index in [0.29, 0.717) is 31.8 Å². The number of hydrogen-bond donors (Lipinski definition) is 2. The van der Waals surface area contributed by atoms with Crippen LogP contribution in [0.4, 0.5) is 22.0 Å². The number of hydrogen-bond acceptors (Lipinski definition) is 4. The molecule has 0 atom stereocenters. The fourth-order valence-corrected chi connectivity index (χ4v) is 3.77. The zero-order valence-corrected chi connectivity index (χ0v) is 20.5. The number of rotatable bonds is 12. The Morgan fingerprint density at radius 3 is 2.24 bits per heavy atom. The third kappa shape index (κ3) is 12.9. The Labute approximate surface area is 198 Å². The van der Waals surface area contributed by atoms with Crippen molar-refractivity contribution in [3.63, 3.8) is 0 Å². The number of sulfonamides is 1. The van der Waals surface area contributed by atoms with E-state index in [4.69, 9.17) is 5.11 Å². The zero-order valence-electron chi connectivity index (χ0n) is 19.7. The van der Waals surface area contributed by atoms with Crippen LogP contribution in [0, 0.1) is 0 Å². The molecule has 0 aliphatic heterocycles. The van der Waals surface area contributed by atoms with Crippen molar-refractivity contribution in [3.8, 4) is 5.75 Å². The maximum absolute atomic E-state index is 13.5. The van der Waals surface area contributed by atoms with Gasteiger partial charge in [-0.25, -0.2) is 21.9 Å². The minimum atomic E-state index is -5.14. The van der Waals surface area contributed by atoms with Crippen molar-refractivity contribution < 1.29 is 40.2 Å². The quantitative estimate of drug-likeness (QED) is 0.188. The molecule has 1 rings (SSSR count). The predicted octanol–water partition coefficient (Wildman–Crippen LogP) is 6.57. The normalized spacial score (nSPS) is 13.4. The van der Waals surface area contributed by atoms with Crippen LogP contribution >= 0.6 is 0 Å². The van der Waals surface area contributed by atoms with E-state index >= 15 is 0 Å². The molecule has 0 saturated heterocycles. The third-order valence-electron chi connectivity index (χ3n) is 4.12. The summed E-state index contributed by atoms with van der Waals surface area (Å²) in [6, 6.07) is 3.11. The Kier molecular flexibility index (Phi) is 14.6. The van der Waals surface area contributed by atoms with Crippen LogP contribution in [0.15, 0.2) is 53.0 Å². The number of benzene rings is 1. The second-order valence-electron chi connectivity index (χ2n) is 6.88. The van der Waals surface area contributed by atoms with Gasteiger partial charge < -0.3 is 9.84 Å². The maximum atomic E-state index is 13.5. The van der Waals surface area contributed by atoms with Gasteiger partial charge in [-0.15, -0.1) is 13.2 Å². The molecule has 0 aromatic heterocycles. The molecule has 0 unspecified atom stereocenters. The summed E-state index contributed by atoms with van der Waals surface area (Å²) >= 11 is 0. The Morgan fingerprint density at radius 2 is 1.68 bits per heavy atom. The molecule has 1 aromatic carbocycles. The molecule has 0 heterocycles. The van der Waals surface area contributed by atoms with Gasteiger partial charge in [-0.05, 0) is 56.0 Å². The van der Waals surface area contributed by atoms with Crippen LogP contribution in [0.1, 0.15) is 58.9 Å². The first-order chi connectivity index (χ1) is 15.9. The Balaban J connectivity index is 0.00000529. The average Bonchev–Trinajstić information content (AvgIpc) is 2.74. The number of aliphatic hydroxyl groups is 1. The molecular weight excluding hydrogens is 481 g/mol. The number of nitrogens with one attached hydrogen (secondary N) is 1. The number of halogens is 5. The number of ether oxygens (including phenoxy) is 1. The van der Waals surface area contributed by atoms with Gasteiger partial charge in [0.2, 0.25) is 10.0 Å². The molecule has 0 radical (unpaired) electrons. The third-order valence-corrected chi connectivity index (χ3v) is 5.62. The Morgan fingerprint density at radius 1 is 1.06 bits per heavy atom. The van der Waals surface area contributed by atoms with Gasteiger partial charge in [0.25, 0.3) is 0 Å². The summed E-state index contributed by atoms with van der Waals surface area (Å²) in [5, 5.41) is 8.72. The van der Waals surface area contributed by atoms with E-state index < -0.39 is 38.7 Å². The van der Waals surface area contributed by atoms with E-state index in [1.54, 1.807) is 0 Å². The van der Waals surface area contributed by atoms with E-state index in [0.717, 1.165) is 25.1 Å². The van der Waals surface area contributed by atoms with Gasteiger partial charge in [-0.2, -0.15) is 0 Å². The van der Waals surface area contributed by atoms with Crippen LogP contribution in [-0.4, -0.2) is 33.0 Å². The molecule has 34 heavy (non-hydrogen) atoms. The molecule has 1 aromatic rings. The van der Waals surface area contributed by atoms with E-state index in [-0.39, 0.29) is 24.3 Å². The van der Waals surface area contributed by atoms with Crippen LogP contribution in [0.5, 0.6) is 5.75 Å². The maximum Gasteiger partial charge on any atom is 0.573 e. The molecule has 0 spiro atoms. The van der Waals surface area contributed by atoms with Crippen LogP contribution in [-0.2, 0) is 10.0 Å². The summed E-state index contributed by atoms with van der Waals surface area (Å²) in [7, 11) is -4.30. The standard InChI is InChI=1S/C21H26F5NO4S.C2H6/c1-15(7-9-18(23)13-16(2)22)17-8-10-20(19(14-17)31-21(24,25)26)32(29,30)27-11-5-3-4-6-12-28;1-2/h7-10,13-14,27-28H,3-6,11-12H2,1-2H3;1-2H3/b15-7+,16-13+,18-9+;. The fourth-order valence-electron chi connectivity index (χ4n) is 2.59. The van der Waals surface area contributed by atoms with Crippen molar-refractivity contribution in [3.05, 3.63) is 53.6 Å². The Bertz CT molecular complexity index is 951. The minimum absolute atomic E-state index is 0.00544. The van der Waals surface area contributed by atoms with Crippen molar-refractivity contribution in [2.24, 2.45) is 0 Å². The first-order valence-corrected chi connectivity index (χ1v) is 12.2. The highest BCUT2D eigenvalue weighted by Crippen LogP contribution is 2.32. The molecule has 0 aliphatic carbocycles. The molecule has 0 aliphatic rings. The molecule has 0 saturated carbocycles. The number of alkyl halides is 3. The minimum Gasteiger partial charge on any atom is -0.404 e. The molecule has 0 amide bonds. The van der Waals surface area contributed by atoms with Gasteiger partial charge in [0.05, 0.1) is 5.83 Å². The van der Waals surface area contributed by atoms with Gasteiger partial charge >= 0.3 is 6.36 Å². The molecule has 2 N–H and O–H groups in total. The SMILES string of the molecule is CC.C\C(F)=C/C(F)=C\C=C(/C)c1ccc(S(=O)(=O)NCCCCCCO)c(OC(F)(F)F)c1. The first-order valence-electron chi connectivity index (χ1n) is 10.7. The summed E-state index contributed by atoms with van der Waals surface area (Å²) in [5.74, 6) is -2.60. The fraction of sp³-hybridized carbons (Fsp3) is 0.478. The summed E-state index contributed by atoms with van der Waals surface area (Å²) < 4.78 is 96.0. The van der Waals surface area contributed by atoms with Crippen LogP contribution in [0.2, 0.25) is 0 Å². The van der Waals surface area contributed by atoms with Crippen LogP contribution < -0.4 is 9.46 Å². The number of allylic oxidation sites excluding steroid dienone is 6. The highest BCUT2D eigenvalue weighted by molar-refractivity contribution is 7.89. The largest absolute Gasteiger partial charge is 0.573 e. The van der Waals surface area contributed by atoms with Crippen molar-refractivity contribution in [1.82, 2.24) is 4.72 Å². The number of unbranched alkanes of at least 4 members (excludes halogenated alkanes) is 3. The summed E-state index contributed by atoms with van der Waals surface area (Å²) in [4.78, 5) is -0.695. The Hall–Kier alpha value is -2.24. The van der Waals surface area contributed by atoms with Gasteiger partial charge in [0, 0.05) is 19.2 Å². The number of aliphatic hydroxyl groups excluding tert-OH is 1. The lowest BCUT2D eigenvalue weighted by molar-refractivity contribution is -0.275. The van der Waals surface area contributed by atoms with Gasteiger partial charge in [-0.1, -0.05) is 38.8 Å². The second-order valence-corrected chi connectivity index (χ2v) is 8.61. The molecule has 5 nitrogen and oxygen atoms in total. The molecule has 0 fully saturated rings. The lowest BCUT2D eigenvalue weighted by Crippen LogP contribution is -2.27. The van der Waals surface area contributed by atoms with Crippen molar-refractivity contribution in [2.75, 3.05) is 13.2 Å². The lowest BCUT2D eigenvalue weighted by Gasteiger charge is -2.15. The topological polar surface area (TPSA) is 75.6 Å². The average molecular weight is 514 g/mol. The van der Waals surface area contributed by atoms with Gasteiger partial charge in [0.1, 0.15) is 16.5 Å². The van der Waals surface area contributed by atoms with E-state index in [9.17, 15) is 30.4 Å². The zero-order chi connectivity index (χ0) is 26.4. The predicted molar refractivity (Wildman–Crippen MR) is 123 cm³/mol. The van der Waals surface area contributed by atoms with Crippen molar-refractivity contribution in [2.45, 2.75) is 64.6 Å². The van der Waals surface area contributed by atoms with Crippen molar-refractivity contribution in [1.29, 1.82) is 0 Å². The summed E-state index contributed by atoms with van der Waals surface area (Å²) in [6.07, 6.45) is -0.0259. The highest BCUT2D eigenvalue weighted by atomic mass is 32.2. The smallest absolute Gasteiger partial charge is 0.404 e. The molecular formula is C23H32F5NO4S. The second kappa shape index (κ2) is 15.6. The summed E-state index contributed by atoms with van der Waals surface area (Å²) in [5.41, 5.74) is 0.440. The molecule has 11 heteroatoms.